The van der Waals surface area contributed by atoms with E-state index in [4.69, 9.17) is 9.97 Å². The van der Waals surface area contributed by atoms with Gasteiger partial charge in [0.25, 0.3) is 0 Å². The molecule has 1 aliphatic heterocycles. The minimum Gasteiger partial charge on any atom is -0.338 e. The van der Waals surface area contributed by atoms with Gasteiger partial charge in [-0.15, -0.1) is 11.3 Å². The Bertz CT molecular complexity index is 776. The van der Waals surface area contributed by atoms with Gasteiger partial charge in [-0.05, 0) is 24.6 Å². The number of nitrogens with zero attached hydrogens (tertiary/aromatic N) is 4. The van der Waals surface area contributed by atoms with E-state index in [0.29, 0.717) is 0 Å². The maximum atomic E-state index is 4.90. The van der Waals surface area contributed by atoms with Gasteiger partial charge in [-0.1, -0.05) is 24.3 Å². The molecule has 0 saturated carbocycles. The molecular weight excluding hydrogens is 292 g/mol. The molecule has 2 aromatic heterocycles. The van der Waals surface area contributed by atoms with Crippen molar-refractivity contribution in [2.45, 2.75) is 0 Å². The first-order valence-corrected chi connectivity index (χ1v) is 8.43. The molecule has 0 bridgehead atoms. The summed E-state index contributed by atoms with van der Waals surface area (Å²) in [5.74, 6) is 0.857. The average Bonchev–Trinajstić information content (AvgIpc) is 3.09. The van der Waals surface area contributed by atoms with Crippen molar-refractivity contribution < 1.29 is 0 Å². The zero-order valence-electron chi connectivity index (χ0n) is 12.6. The van der Waals surface area contributed by atoms with Crippen LogP contribution in [0, 0.1) is 0 Å². The summed E-state index contributed by atoms with van der Waals surface area (Å²) in [6.45, 7) is 4.09. The van der Waals surface area contributed by atoms with Crippen molar-refractivity contribution in [1.82, 2.24) is 14.9 Å². The lowest BCUT2D eigenvalue weighted by atomic mass is 10.1. The zero-order chi connectivity index (χ0) is 14.9. The standard InChI is InChI=1S/C17H18N4S/c1-20-8-10-21(11-9-20)17-18-14-6-3-2-5-13(14)16(19-17)15-7-4-12-22-15/h2-7,12H,8-11H2,1H3. The van der Waals surface area contributed by atoms with Gasteiger partial charge in [0, 0.05) is 31.6 Å². The molecule has 0 unspecified atom stereocenters. The molecule has 1 aromatic carbocycles. The molecule has 4 rings (SSSR count). The van der Waals surface area contributed by atoms with Gasteiger partial charge in [-0.2, -0.15) is 0 Å². The summed E-state index contributed by atoms with van der Waals surface area (Å²) < 4.78 is 0. The van der Waals surface area contributed by atoms with Gasteiger partial charge in [0.2, 0.25) is 5.95 Å². The molecule has 0 N–H and O–H groups in total. The van der Waals surface area contributed by atoms with E-state index in [9.17, 15) is 0 Å². The number of hydrogen-bond donors (Lipinski definition) is 0. The third-order valence-electron chi connectivity index (χ3n) is 4.13. The minimum absolute atomic E-state index is 0.857. The van der Waals surface area contributed by atoms with Crippen molar-refractivity contribution in [2.24, 2.45) is 0 Å². The molecule has 3 heterocycles. The van der Waals surface area contributed by atoms with Crippen LogP contribution in [0.4, 0.5) is 5.95 Å². The van der Waals surface area contributed by atoms with Crippen molar-refractivity contribution in [3.8, 4) is 10.6 Å². The lowest BCUT2D eigenvalue weighted by Gasteiger charge is -2.32. The molecule has 0 spiro atoms. The second-order valence-electron chi connectivity index (χ2n) is 5.66. The largest absolute Gasteiger partial charge is 0.338 e. The monoisotopic (exact) mass is 310 g/mol. The highest BCUT2D eigenvalue weighted by molar-refractivity contribution is 7.13. The summed E-state index contributed by atoms with van der Waals surface area (Å²) in [4.78, 5) is 15.5. The Morgan fingerprint density at radius 2 is 1.77 bits per heavy atom. The number of benzene rings is 1. The molecule has 0 amide bonds. The average molecular weight is 310 g/mol. The van der Waals surface area contributed by atoms with Crippen molar-refractivity contribution >= 4 is 28.2 Å². The van der Waals surface area contributed by atoms with Gasteiger partial charge >= 0.3 is 0 Å². The van der Waals surface area contributed by atoms with E-state index in [1.807, 2.05) is 6.07 Å². The van der Waals surface area contributed by atoms with Crippen LogP contribution in [0.2, 0.25) is 0 Å². The van der Waals surface area contributed by atoms with Crippen molar-refractivity contribution in [2.75, 3.05) is 38.1 Å². The van der Waals surface area contributed by atoms with Crippen LogP contribution in [0.5, 0.6) is 0 Å². The summed E-state index contributed by atoms with van der Waals surface area (Å²) in [5, 5.41) is 3.23. The molecule has 0 radical (unpaired) electrons. The van der Waals surface area contributed by atoms with Gasteiger partial charge < -0.3 is 9.80 Å². The zero-order valence-corrected chi connectivity index (χ0v) is 13.4. The highest BCUT2D eigenvalue weighted by Crippen LogP contribution is 2.31. The molecule has 1 saturated heterocycles. The molecule has 1 fully saturated rings. The van der Waals surface area contributed by atoms with Gasteiger partial charge in [0.05, 0.1) is 16.1 Å². The molecule has 5 heteroatoms. The predicted octanol–water partition coefficient (Wildman–Crippen LogP) is 3.11. The van der Waals surface area contributed by atoms with Crippen molar-refractivity contribution in [1.29, 1.82) is 0 Å². The van der Waals surface area contributed by atoms with E-state index in [0.717, 1.165) is 48.7 Å². The summed E-state index contributed by atoms with van der Waals surface area (Å²) in [6, 6.07) is 12.5. The number of likely N-dealkylation sites (N-methyl/N-ethyl adjacent to an activating group) is 1. The van der Waals surface area contributed by atoms with Crippen molar-refractivity contribution in [3.63, 3.8) is 0 Å². The first kappa shape index (κ1) is 13.7. The Kier molecular flexibility index (Phi) is 3.52. The van der Waals surface area contributed by atoms with Crippen LogP contribution in [0.3, 0.4) is 0 Å². The maximum Gasteiger partial charge on any atom is 0.226 e. The van der Waals surface area contributed by atoms with Crippen LogP contribution in [0.25, 0.3) is 21.5 Å². The van der Waals surface area contributed by atoms with Crippen LogP contribution in [0.1, 0.15) is 0 Å². The lowest BCUT2D eigenvalue weighted by molar-refractivity contribution is 0.311. The van der Waals surface area contributed by atoms with Crippen LogP contribution < -0.4 is 4.90 Å². The Morgan fingerprint density at radius 1 is 0.955 bits per heavy atom. The minimum atomic E-state index is 0.857. The van der Waals surface area contributed by atoms with Gasteiger partial charge in [0.15, 0.2) is 0 Å². The lowest BCUT2D eigenvalue weighted by Crippen LogP contribution is -2.45. The molecule has 3 aromatic rings. The van der Waals surface area contributed by atoms with E-state index in [2.05, 4.69) is 52.6 Å². The Morgan fingerprint density at radius 3 is 2.55 bits per heavy atom. The van der Waals surface area contributed by atoms with Crippen LogP contribution in [0.15, 0.2) is 41.8 Å². The summed E-state index contributed by atoms with van der Waals surface area (Å²) >= 11 is 1.73. The van der Waals surface area contributed by atoms with Gasteiger partial charge in [-0.25, -0.2) is 9.97 Å². The predicted molar refractivity (Wildman–Crippen MR) is 92.6 cm³/mol. The molecule has 4 nitrogen and oxygen atoms in total. The molecule has 1 aliphatic rings. The Labute approximate surface area is 134 Å². The Hall–Kier alpha value is -1.98. The van der Waals surface area contributed by atoms with Crippen molar-refractivity contribution in [3.05, 3.63) is 41.8 Å². The second kappa shape index (κ2) is 5.66. The van der Waals surface area contributed by atoms with Crippen LogP contribution >= 0.6 is 11.3 Å². The SMILES string of the molecule is CN1CCN(c2nc(-c3cccs3)c3ccccc3n2)CC1. The molecule has 0 aliphatic carbocycles. The second-order valence-corrected chi connectivity index (χ2v) is 6.60. The topological polar surface area (TPSA) is 32.3 Å². The fourth-order valence-electron chi connectivity index (χ4n) is 2.81. The molecule has 22 heavy (non-hydrogen) atoms. The van der Waals surface area contributed by atoms with E-state index in [-0.39, 0.29) is 0 Å². The number of hydrogen-bond acceptors (Lipinski definition) is 5. The third-order valence-corrected chi connectivity index (χ3v) is 5.01. The smallest absolute Gasteiger partial charge is 0.226 e. The Balaban J connectivity index is 1.83. The molecule has 112 valence electrons. The van der Waals surface area contributed by atoms with Crippen LogP contribution in [-0.2, 0) is 0 Å². The van der Waals surface area contributed by atoms with Gasteiger partial charge in [-0.3, -0.25) is 0 Å². The van der Waals surface area contributed by atoms with E-state index in [1.165, 1.54) is 4.88 Å². The number of rotatable bonds is 2. The number of para-hydroxylation sites is 1. The summed E-state index contributed by atoms with van der Waals surface area (Å²) in [5.41, 5.74) is 2.07. The highest BCUT2D eigenvalue weighted by Gasteiger charge is 2.19. The summed E-state index contributed by atoms with van der Waals surface area (Å²) in [7, 11) is 2.16. The van der Waals surface area contributed by atoms with Gasteiger partial charge in [0.1, 0.15) is 0 Å². The molecule has 0 atom stereocenters. The third kappa shape index (κ3) is 2.46. The number of anilines is 1. The summed E-state index contributed by atoms with van der Waals surface area (Å²) in [6.07, 6.45) is 0. The fraction of sp³-hybridized carbons (Fsp3) is 0.294. The highest BCUT2D eigenvalue weighted by atomic mass is 32.1. The van der Waals surface area contributed by atoms with E-state index in [1.54, 1.807) is 11.3 Å². The first-order chi connectivity index (χ1) is 10.8. The normalized spacial score (nSPS) is 16.3. The maximum absolute atomic E-state index is 4.90. The van der Waals surface area contributed by atoms with E-state index >= 15 is 0 Å². The van der Waals surface area contributed by atoms with E-state index < -0.39 is 0 Å². The first-order valence-electron chi connectivity index (χ1n) is 7.55. The quantitative estimate of drug-likeness (QED) is 0.728. The van der Waals surface area contributed by atoms with Crippen LogP contribution in [-0.4, -0.2) is 48.1 Å². The number of thiophene rings is 1. The number of aromatic nitrogens is 2. The molecular formula is C17H18N4S. The number of fused-ring (bicyclic) bond motifs is 1. The number of piperazine rings is 1. The fourth-order valence-corrected chi connectivity index (χ4v) is 3.54.